The molecule has 0 radical (unpaired) electrons. The molecular formula is C26H30ClN3O3. The number of benzene rings is 2. The van der Waals surface area contributed by atoms with Crippen LogP contribution in [0.25, 0.3) is 10.9 Å². The van der Waals surface area contributed by atoms with E-state index in [1.54, 1.807) is 18.3 Å². The minimum absolute atomic E-state index is 0.0403. The van der Waals surface area contributed by atoms with Crippen molar-refractivity contribution in [1.82, 2.24) is 9.66 Å². The van der Waals surface area contributed by atoms with E-state index in [1.165, 1.54) is 11.1 Å². The highest BCUT2D eigenvalue weighted by Gasteiger charge is 2.22. The van der Waals surface area contributed by atoms with E-state index in [4.69, 9.17) is 26.1 Å². The second-order valence-corrected chi connectivity index (χ2v) is 9.02. The summed E-state index contributed by atoms with van der Waals surface area (Å²) in [6.07, 6.45) is 7.13. The Morgan fingerprint density at radius 2 is 1.97 bits per heavy atom. The third-order valence-corrected chi connectivity index (χ3v) is 6.04. The molecule has 1 aliphatic rings. The molecule has 2 aromatic carbocycles. The lowest BCUT2D eigenvalue weighted by Crippen LogP contribution is -2.25. The van der Waals surface area contributed by atoms with E-state index in [0.717, 1.165) is 31.5 Å². The molecule has 0 atom stereocenters. The Morgan fingerprint density at radius 3 is 2.70 bits per heavy atom. The molecule has 1 fully saturated rings. The fraction of sp³-hybridized carbons (Fsp3) is 0.423. The highest BCUT2D eigenvalue weighted by Crippen LogP contribution is 2.37. The van der Waals surface area contributed by atoms with Crippen molar-refractivity contribution in [3.05, 3.63) is 63.2 Å². The van der Waals surface area contributed by atoms with Gasteiger partial charge < -0.3 is 9.47 Å². The molecule has 0 saturated heterocycles. The van der Waals surface area contributed by atoms with Crippen LogP contribution in [0.3, 0.4) is 0 Å². The smallest absolute Gasteiger partial charge is 0.282 e. The predicted molar refractivity (Wildman–Crippen MR) is 133 cm³/mol. The van der Waals surface area contributed by atoms with E-state index in [9.17, 15) is 4.79 Å². The van der Waals surface area contributed by atoms with Gasteiger partial charge in [-0.25, -0.2) is 4.98 Å². The van der Waals surface area contributed by atoms with Crippen molar-refractivity contribution in [1.29, 1.82) is 0 Å². The Bertz CT molecular complexity index is 1210. The Labute approximate surface area is 199 Å². The third-order valence-electron chi connectivity index (χ3n) is 5.76. The van der Waals surface area contributed by atoms with Crippen LogP contribution in [-0.4, -0.2) is 28.6 Å². The van der Waals surface area contributed by atoms with E-state index >= 15 is 0 Å². The van der Waals surface area contributed by atoms with Crippen molar-refractivity contribution in [2.45, 2.75) is 64.9 Å². The predicted octanol–water partition coefficient (Wildman–Crippen LogP) is 6.17. The second kappa shape index (κ2) is 10.4. The van der Waals surface area contributed by atoms with Crippen LogP contribution in [0.15, 0.2) is 46.3 Å². The van der Waals surface area contributed by atoms with E-state index in [-0.39, 0.29) is 17.6 Å². The number of halogens is 1. The molecule has 174 valence electrons. The Kier molecular flexibility index (Phi) is 7.33. The quantitative estimate of drug-likeness (QED) is 0.390. The fourth-order valence-electron chi connectivity index (χ4n) is 4.28. The van der Waals surface area contributed by atoms with Crippen molar-refractivity contribution in [3.63, 3.8) is 0 Å². The van der Waals surface area contributed by atoms with Crippen LogP contribution in [0, 0.1) is 0 Å². The maximum atomic E-state index is 13.4. The average Bonchev–Trinajstić information content (AvgIpc) is 2.81. The van der Waals surface area contributed by atoms with Gasteiger partial charge in [0.1, 0.15) is 5.82 Å². The van der Waals surface area contributed by atoms with Crippen molar-refractivity contribution >= 4 is 28.7 Å². The first-order chi connectivity index (χ1) is 16.0. The summed E-state index contributed by atoms with van der Waals surface area (Å²) >= 11 is 6.51. The highest BCUT2D eigenvalue weighted by molar-refractivity contribution is 6.32. The van der Waals surface area contributed by atoms with Crippen LogP contribution in [0.4, 0.5) is 0 Å². The zero-order valence-corrected chi connectivity index (χ0v) is 20.1. The summed E-state index contributed by atoms with van der Waals surface area (Å²) in [5, 5.41) is 5.59. The van der Waals surface area contributed by atoms with E-state index in [1.807, 2.05) is 45.0 Å². The number of hydrogen-bond donors (Lipinski definition) is 0. The molecule has 6 nitrogen and oxygen atoms in total. The van der Waals surface area contributed by atoms with Crippen molar-refractivity contribution in [2.75, 3.05) is 6.61 Å². The summed E-state index contributed by atoms with van der Waals surface area (Å²) in [4.78, 5) is 18.2. The summed E-state index contributed by atoms with van der Waals surface area (Å²) < 4.78 is 13.1. The molecule has 1 heterocycles. The largest absolute Gasteiger partial charge is 0.490 e. The van der Waals surface area contributed by atoms with Crippen LogP contribution in [0.1, 0.15) is 70.2 Å². The number of fused-ring (bicyclic) bond motifs is 1. The molecule has 33 heavy (non-hydrogen) atoms. The number of ether oxygens (including phenoxy) is 2. The van der Waals surface area contributed by atoms with Gasteiger partial charge in [0.25, 0.3) is 5.56 Å². The highest BCUT2D eigenvalue weighted by atomic mass is 35.5. The SMILES string of the molecule is CCOc1cc(C=Nn2c(C3CCCCC3)nc3ccccc3c2=O)cc(Cl)c1OC(C)C. The van der Waals surface area contributed by atoms with Crippen LogP contribution < -0.4 is 15.0 Å². The summed E-state index contributed by atoms with van der Waals surface area (Å²) in [5.41, 5.74) is 1.27. The molecule has 0 amide bonds. The van der Waals surface area contributed by atoms with Gasteiger partial charge in [-0.15, -0.1) is 0 Å². The van der Waals surface area contributed by atoms with Gasteiger partial charge in [-0.05, 0) is 63.4 Å². The van der Waals surface area contributed by atoms with Gasteiger partial charge in [0.2, 0.25) is 0 Å². The summed E-state index contributed by atoms with van der Waals surface area (Å²) in [6.45, 7) is 6.26. The second-order valence-electron chi connectivity index (χ2n) is 8.61. The molecule has 0 spiro atoms. The number of rotatable bonds is 7. The molecule has 3 aromatic rings. The number of nitrogens with zero attached hydrogens (tertiary/aromatic N) is 3. The average molecular weight is 468 g/mol. The van der Waals surface area contributed by atoms with Crippen LogP contribution in [-0.2, 0) is 0 Å². The summed E-state index contributed by atoms with van der Waals surface area (Å²) in [5.74, 6) is 2.01. The number of aromatic nitrogens is 2. The maximum Gasteiger partial charge on any atom is 0.282 e. The zero-order valence-electron chi connectivity index (χ0n) is 19.4. The molecule has 0 aliphatic heterocycles. The molecule has 1 saturated carbocycles. The molecule has 0 unspecified atom stereocenters. The first kappa shape index (κ1) is 23.3. The Hall–Kier alpha value is -2.86. The van der Waals surface area contributed by atoms with Crippen LogP contribution >= 0.6 is 11.6 Å². The van der Waals surface area contributed by atoms with Crippen LogP contribution in [0.2, 0.25) is 5.02 Å². The van der Waals surface area contributed by atoms with Gasteiger partial charge in [0.05, 0.1) is 34.9 Å². The monoisotopic (exact) mass is 467 g/mol. The van der Waals surface area contributed by atoms with E-state index in [0.29, 0.717) is 39.6 Å². The summed E-state index contributed by atoms with van der Waals surface area (Å²) in [6, 6.07) is 11.0. The van der Waals surface area contributed by atoms with Gasteiger partial charge in [-0.3, -0.25) is 4.79 Å². The van der Waals surface area contributed by atoms with Gasteiger partial charge in [-0.2, -0.15) is 9.78 Å². The topological polar surface area (TPSA) is 65.7 Å². The minimum atomic E-state index is -0.159. The molecule has 1 aliphatic carbocycles. The van der Waals surface area contributed by atoms with Gasteiger partial charge in [0, 0.05) is 5.92 Å². The first-order valence-electron chi connectivity index (χ1n) is 11.7. The third kappa shape index (κ3) is 5.22. The molecule has 0 bridgehead atoms. The van der Waals surface area contributed by atoms with Crippen molar-refractivity contribution < 1.29 is 9.47 Å². The minimum Gasteiger partial charge on any atom is -0.490 e. The lowest BCUT2D eigenvalue weighted by molar-refractivity contribution is 0.224. The van der Waals surface area contributed by atoms with Gasteiger partial charge >= 0.3 is 0 Å². The Morgan fingerprint density at radius 1 is 1.21 bits per heavy atom. The van der Waals surface area contributed by atoms with E-state index < -0.39 is 0 Å². The maximum absolute atomic E-state index is 13.4. The lowest BCUT2D eigenvalue weighted by atomic mass is 9.88. The van der Waals surface area contributed by atoms with Gasteiger partial charge in [0.15, 0.2) is 11.5 Å². The molecule has 7 heteroatoms. The molecule has 1 aromatic heterocycles. The fourth-order valence-corrected chi connectivity index (χ4v) is 4.54. The lowest BCUT2D eigenvalue weighted by Gasteiger charge is -2.22. The molecular weight excluding hydrogens is 438 g/mol. The molecule has 0 N–H and O–H groups in total. The number of para-hydroxylation sites is 1. The first-order valence-corrected chi connectivity index (χ1v) is 12.0. The number of hydrogen-bond acceptors (Lipinski definition) is 5. The van der Waals surface area contributed by atoms with Crippen LogP contribution in [0.5, 0.6) is 11.5 Å². The standard InChI is InChI=1S/C26H30ClN3O3/c1-4-32-23-15-18(14-21(27)24(23)33-17(2)3)16-28-30-25(19-10-6-5-7-11-19)29-22-13-9-8-12-20(22)26(30)31/h8-9,12-17,19H,4-7,10-11H2,1-3H3. The zero-order chi connectivity index (χ0) is 23.4. The van der Waals surface area contributed by atoms with Crippen molar-refractivity contribution in [3.8, 4) is 11.5 Å². The van der Waals surface area contributed by atoms with Gasteiger partial charge in [-0.1, -0.05) is 43.0 Å². The van der Waals surface area contributed by atoms with E-state index in [2.05, 4.69) is 5.10 Å². The Balaban J connectivity index is 1.79. The molecule has 4 rings (SSSR count). The normalized spacial score (nSPS) is 14.9. The summed E-state index contributed by atoms with van der Waals surface area (Å²) in [7, 11) is 0. The van der Waals surface area contributed by atoms with Crippen molar-refractivity contribution in [2.24, 2.45) is 5.10 Å².